The van der Waals surface area contributed by atoms with Crippen molar-refractivity contribution in [3.63, 3.8) is 0 Å². The molecular formula is C11H19N3O2. The van der Waals surface area contributed by atoms with Crippen molar-refractivity contribution < 1.29 is 9.47 Å². The fourth-order valence-corrected chi connectivity index (χ4v) is 1.38. The molecule has 5 nitrogen and oxygen atoms in total. The number of hydrogen-bond donors (Lipinski definition) is 1. The maximum atomic E-state index is 5.15. The molecule has 0 amide bonds. The summed E-state index contributed by atoms with van der Waals surface area (Å²) in [4.78, 5) is 8.43. The lowest BCUT2D eigenvalue weighted by Crippen LogP contribution is -2.39. The first-order chi connectivity index (χ1) is 7.67. The highest BCUT2D eigenvalue weighted by Crippen LogP contribution is 2.00. The third kappa shape index (κ3) is 3.84. The highest BCUT2D eigenvalue weighted by atomic mass is 16.7. The Labute approximate surface area is 96.2 Å². The molecule has 0 aliphatic heterocycles. The minimum Gasteiger partial charge on any atom is -0.354 e. The van der Waals surface area contributed by atoms with E-state index in [0.717, 1.165) is 11.4 Å². The van der Waals surface area contributed by atoms with E-state index in [2.05, 4.69) is 15.3 Å². The van der Waals surface area contributed by atoms with Gasteiger partial charge in [0.2, 0.25) is 0 Å². The van der Waals surface area contributed by atoms with Crippen molar-refractivity contribution in [2.75, 3.05) is 14.2 Å². The Morgan fingerprint density at radius 1 is 1.25 bits per heavy atom. The van der Waals surface area contributed by atoms with Gasteiger partial charge in [-0.15, -0.1) is 0 Å². The van der Waals surface area contributed by atoms with Crippen LogP contribution in [0.1, 0.15) is 18.3 Å². The van der Waals surface area contributed by atoms with Crippen LogP contribution in [0.15, 0.2) is 12.4 Å². The summed E-state index contributed by atoms with van der Waals surface area (Å²) in [5.41, 5.74) is 1.83. The normalized spacial score (nSPS) is 13.1. The highest BCUT2D eigenvalue weighted by Gasteiger charge is 2.14. The predicted octanol–water partition coefficient (Wildman–Crippen LogP) is 0.882. The monoisotopic (exact) mass is 225 g/mol. The largest absolute Gasteiger partial charge is 0.354 e. The van der Waals surface area contributed by atoms with E-state index < -0.39 is 0 Å². The van der Waals surface area contributed by atoms with Gasteiger partial charge in [0.25, 0.3) is 0 Å². The average Bonchev–Trinajstić information content (AvgIpc) is 2.30. The second kappa shape index (κ2) is 6.52. The van der Waals surface area contributed by atoms with Crippen molar-refractivity contribution in [1.29, 1.82) is 0 Å². The van der Waals surface area contributed by atoms with Gasteiger partial charge in [-0.1, -0.05) is 0 Å². The average molecular weight is 225 g/mol. The predicted molar refractivity (Wildman–Crippen MR) is 60.9 cm³/mol. The maximum absolute atomic E-state index is 5.15. The molecule has 1 heterocycles. The van der Waals surface area contributed by atoms with E-state index in [-0.39, 0.29) is 12.3 Å². The van der Waals surface area contributed by atoms with Crippen LogP contribution >= 0.6 is 0 Å². The fraction of sp³-hybridized carbons (Fsp3) is 0.636. The number of aryl methyl sites for hydroxylation is 1. The molecule has 5 heteroatoms. The SMILES string of the molecule is COC(OC)C(C)NCc1cnc(C)cn1. The molecule has 1 N–H and O–H groups in total. The van der Waals surface area contributed by atoms with Gasteiger partial charge in [-0.05, 0) is 13.8 Å². The lowest BCUT2D eigenvalue weighted by molar-refractivity contribution is -0.119. The van der Waals surface area contributed by atoms with Gasteiger partial charge in [-0.2, -0.15) is 0 Å². The summed E-state index contributed by atoms with van der Waals surface area (Å²) < 4.78 is 10.3. The van der Waals surface area contributed by atoms with Gasteiger partial charge in [-0.25, -0.2) is 0 Å². The molecule has 1 aromatic rings. The summed E-state index contributed by atoms with van der Waals surface area (Å²) in [6, 6.07) is 0.0955. The van der Waals surface area contributed by atoms with E-state index in [1.54, 1.807) is 26.6 Å². The van der Waals surface area contributed by atoms with Crippen molar-refractivity contribution in [2.24, 2.45) is 0 Å². The second-order valence-corrected chi connectivity index (χ2v) is 3.66. The molecule has 0 aromatic carbocycles. The van der Waals surface area contributed by atoms with Crippen LogP contribution in [0.5, 0.6) is 0 Å². The van der Waals surface area contributed by atoms with Gasteiger partial charge >= 0.3 is 0 Å². The van der Waals surface area contributed by atoms with E-state index in [4.69, 9.17) is 9.47 Å². The van der Waals surface area contributed by atoms with Gasteiger partial charge in [0.15, 0.2) is 6.29 Å². The van der Waals surface area contributed by atoms with Crippen molar-refractivity contribution >= 4 is 0 Å². The molecule has 0 radical (unpaired) electrons. The van der Waals surface area contributed by atoms with E-state index >= 15 is 0 Å². The molecule has 0 saturated carbocycles. The third-order valence-electron chi connectivity index (χ3n) is 2.31. The Bertz CT molecular complexity index is 299. The van der Waals surface area contributed by atoms with Crippen molar-refractivity contribution in [1.82, 2.24) is 15.3 Å². The quantitative estimate of drug-likeness (QED) is 0.728. The number of nitrogens with one attached hydrogen (secondary N) is 1. The van der Waals surface area contributed by atoms with E-state index in [1.165, 1.54) is 0 Å². The van der Waals surface area contributed by atoms with Gasteiger partial charge < -0.3 is 14.8 Å². The lowest BCUT2D eigenvalue weighted by Gasteiger charge is -2.21. The minimum atomic E-state index is -0.251. The zero-order valence-corrected chi connectivity index (χ0v) is 10.2. The molecule has 0 spiro atoms. The molecule has 1 atom stereocenters. The fourth-order valence-electron chi connectivity index (χ4n) is 1.38. The summed E-state index contributed by atoms with van der Waals surface area (Å²) in [6.45, 7) is 4.57. The number of aromatic nitrogens is 2. The lowest BCUT2D eigenvalue weighted by atomic mass is 10.3. The molecule has 16 heavy (non-hydrogen) atoms. The molecular weight excluding hydrogens is 206 g/mol. The summed E-state index contributed by atoms with van der Waals surface area (Å²) in [6.07, 6.45) is 3.27. The molecule has 90 valence electrons. The Morgan fingerprint density at radius 3 is 2.44 bits per heavy atom. The van der Waals surface area contributed by atoms with E-state index in [9.17, 15) is 0 Å². The van der Waals surface area contributed by atoms with Crippen molar-refractivity contribution in [3.8, 4) is 0 Å². The summed E-state index contributed by atoms with van der Waals surface area (Å²) >= 11 is 0. The molecule has 1 aromatic heterocycles. The van der Waals surface area contributed by atoms with Crippen LogP contribution in [0.4, 0.5) is 0 Å². The molecule has 1 rings (SSSR count). The van der Waals surface area contributed by atoms with Gasteiger partial charge in [0.1, 0.15) is 0 Å². The number of hydrogen-bond acceptors (Lipinski definition) is 5. The number of methoxy groups -OCH3 is 2. The second-order valence-electron chi connectivity index (χ2n) is 3.66. The van der Waals surface area contributed by atoms with Crippen LogP contribution in [0.25, 0.3) is 0 Å². The first kappa shape index (κ1) is 13.0. The van der Waals surface area contributed by atoms with Crippen LogP contribution in [0, 0.1) is 6.92 Å². The van der Waals surface area contributed by atoms with Crippen LogP contribution in [0.3, 0.4) is 0 Å². The molecule has 0 aliphatic carbocycles. The van der Waals surface area contributed by atoms with Gasteiger partial charge in [0, 0.05) is 33.2 Å². The van der Waals surface area contributed by atoms with E-state index in [0.29, 0.717) is 6.54 Å². The van der Waals surface area contributed by atoms with Crippen LogP contribution in [0.2, 0.25) is 0 Å². The molecule has 0 saturated heterocycles. The van der Waals surface area contributed by atoms with Crippen LogP contribution in [-0.2, 0) is 16.0 Å². The minimum absolute atomic E-state index is 0.0955. The first-order valence-electron chi connectivity index (χ1n) is 5.24. The molecule has 1 unspecified atom stereocenters. The summed E-state index contributed by atoms with van der Waals surface area (Å²) in [5, 5.41) is 3.27. The zero-order chi connectivity index (χ0) is 12.0. The third-order valence-corrected chi connectivity index (χ3v) is 2.31. The number of nitrogens with zero attached hydrogens (tertiary/aromatic N) is 2. The number of rotatable bonds is 6. The standard InChI is InChI=1S/C11H19N3O2/c1-8-5-14-10(6-12-8)7-13-9(2)11(15-3)16-4/h5-6,9,11,13H,7H2,1-4H3. The van der Waals surface area contributed by atoms with E-state index in [1.807, 2.05) is 13.8 Å². The number of ether oxygens (including phenoxy) is 2. The maximum Gasteiger partial charge on any atom is 0.171 e. The highest BCUT2D eigenvalue weighted by molar-refractivity contribution is 5.00. The first-order valence-corrected chi connectivity index (χ1v) is 5.24. The zero-order valence-electron chi connectivity index (χ0n) is 10.2. The Morgan fingerprint density at radius 2 is 1.94 bits per heavy atom. The molecule has 0 fully saturated rings. The summed E-state index contributed by atoms with van der Waals surface area (Å²) in [7, 11) is 3.25. The molecule has 0 aliphatic rings. The van der Waals surface area contributed by atoms with Crippen LogP contribution < -0.4 is 5.32 Å². The Hall–Kier alpha value is -1.04. The van der Waals surface area contributed by atoms with Gasteiger partial charge in [-0.3, -0.25) is 9.97 Å². The topological polar surface area (TPSA) is 56.3 Å². The van der Waals surface area contributed by atoms with Gasteiger partial charge in [0.05, 0.1) is 17.4 Å². The van der Waals surface area contributed by atoms with Crippen LogP contribution in [-0.4, -0.2) is 36.5 Å². The van der Waals surface area contributed by atoms with Crippen molar-refractivity contribution in [3.05, 3.63) is 23.8 Å². The van der Waals surface area contributed by atoms with Crippen molar-refractivity contribution in [2.45, 2.75) is 32.7 Å². The smallest absolute Gasteiger partial charge is 0.171 e. The Balaban J connectivity index is 2.42. The Kier molecular flexibility index (Phi) is 5.31. The molecule has 0 bridgehead atoms. The summed E-state index contributed by atoms with van der Waals surface area (Å²) in [5.74, 6) is 0.